The largest absolute Gasteiger partial charge is 0.480 e. The molecule has 0 fully saturated rings. The average Bonchev–Trinajstić information content (AvgIpc) is 2.35. The van der Waals surface area contributed by atoms with Crippen LogP contribution in [-0.2, 0) is 10.1 Å². The topological polar surface area (TPSA) is 66.4 Å². The predicted octanol–water partition coefficient (Wildman–Crippen LogP) is 2.42. The number of carboxylic acids is 1. The Kier molecular flexibility index (Phi) is 5.34. The molecule has 1 atom stereocenters. The molecule has 1 aromatic carbocycles. The molecule has 0 unspecified atom stereocenters. The molecule has 4 nitrogen and oxygen atoms in total. The van der Waals surface area contributed by atoms with E-state index in [1.165, 1.54) is 0 Å². The number of amides is 1. The first-order valence-electron chi connectivity index (χ1n) is 5.64. The van der Waals surface area contributed by atoms with Gasteiger partial charge in [-0.05, 0) is 23.6 Å². The molecule has 2 N–H and O–H groups in total. The van der Waals surface area contributed by atoms with E-state index in [-0.39, 0.29) is 11.8 Å². The molecule has 0 heterocycles. The normalized spacial score (nSPS) is 12.2. The molecule has 0 aliphatic carbocycles. The fourth-order valence-corrected chi connectivity index (χ4v) is 1.86. The summed E-state index contributed by atoms with van der Waals surface area (Å²) in [6.45, 7) is 3.51. The Bertz CT molecular complexity index is 428. The summed E-state index contributed by atoms with van der Waals surface area (Å²) in [4.78, 5) is 22.9. The van der Waals surface area contributed by atoms with Crippen molar-refractivity contribution in [1.29, 1.82) is 0 Å². The third-order valence-electron chi connectivity index (χ3n) is 2.59. The van der Waals surface area contributed by atoms with Gasteiger partial charge >= 0.3 is 5.97 Å². The molecule has 1 rings (SSSR count). The standard InChI is InChI=1S/C13H16BrNO3/c1-8(2)11(13(17)18)15-12(16)10-5-3-9(7-14)4-6-10/h3-6,8,11H,7H2,1-2H3,(H,15,16)(H,17,18)/t11-/m0/s1. The fourth-order valence-electron chi connectivity index (χ4n) is 1.48. The van der Waals surface area contributed by atoms with Gasteiger partial charge in [0.15, 0.2) is 0 Å². The Morgan fingerprint density at radius 3 is 2.22 bits per heavy atom. The summed E-state index contributed by atoms with van der Waals surface area (Å²) in [6, 6.07) is 6.16. The SMILES string of the molecule is CC(C)[C@H](NC(=O)c1ccc(CBr)cc1)C(=O)O. The first-order chi connectivity index (χ1) is 8.45. The van der Waals surface area contributed by atoms with E-state index >= 15 is 0 Å². The molecule has 0 saturated carbocycles. The number of rotatable bonds is 5. The monoisotopic (exact) mass is 313 g/mol. The van der Waals surface area contributed by atoms with Crippen LogP contribution in [0.2, 0.25) is 0 Å². The van der Waals surface area contributed by atoms with E-state index in [0.717, 1.165) is 10.9 Å². The van der Waals surface area contributed by atoms with E-state index in [0.29, 0.717) is 5.56 Å². The van der Waals surface area contributed by atoms with Crippen LogP contribution in [0.5, 0.6) is 0 Å². The molecule has 0 bridgehead atoms. The summed E-state index contributed by atoms with van der Waals surface area (Å²) < 4.78 is 0. The molecule has 98 valence electrons. The fraction of sp³-hybridized carbons (Fsp3) is 0.385. The minimum atomic E-state index is -1.02. The Morgan fingerprint density at radius 1 is 1.28 bits per heavy atom. The molecule has 0 aliphatic heterocycles. The van der Waals surface area contributed by atoms with Crippen molar-refractivity contribution in [2.24, 2.45) is 5.92 Å². The van der Waals surface area contributed by atoms with E-state index in [1.54, 1.807) is 26.0 Å². The molecule has 5 heteroatoms. The van der Waals surface area contributed by atoms with Crippen LogP contribution in [0, 0.1) is 5.92 Å². The highest BCUT2D eigenvalue weighted by Crippen LogP contribution is 2.09. The lowest BCUT2D eigenvalue weighted by atomic mass is 10.0. The van der Waals surface area contributed by atoms with Gasteiger partial charge in [-0.2, -0.15) is 0 Å². The van der Waals surface area contributed by atoms with E-state index < -0.39 is 12.0 Å². The zero-order chi connectivity index (χ0) is 13.7. The van der Waals surface area contributed by atoms with Crippen LogP contribution in [0.25, 0.3) is 0 Å². The summed E-state index contributed by atoms with van der Waals surface area (Å²) in [6.07, 6.45) is 0. The molecular weight excluding hydrogens is 298 g/mol. The Hall–Kier alpha value is -1.36. The van der Waals surface area contributed by atoms with Gasteiger partial charge in [0.2, 0.25) is 0 Å². The van der Waals surface area contributed by atoms with Gasteiger partial charge in [0.25, 0.3) is 5.91 Å². The highest BCUT2D eigenvalue weighted by Gasteiger charge is 2.23. The third-order valence-corrected chi connectivity index (χ3v) is 3.24. The van der Waals surface area contributed by atoms with Crippen LogP contribution < -0.4 is 5.32 Å². The van der Waals surface area contributed by atoms with Crippen molar-refractivity contribution >= 4 is 27.8 Å². The summed E-state index contributed by atoms with van der Waals surface area (Å²) in [5.74, 6) is -1.54. The number of benzene rings is 1. The van der Waals surface area contributed by atoms with Gasteiger partial charge in [0.1, 0.15) is 6.04 Å². The lowest BCUT2D eigenvalue weighted by molar-refractivity contribution is -0.140. The second kappa shape index (κ2) is 6.54. The molecule has 1 amide bonds. The number of alkyl halides is 1. The zero-order valence-electron chi connectivity index (χ0n) is 10.3. The lowest BCUT2D eigenvalue weighted by Crippen LogP contribution is -2.44. The molecule has 0 aliphatic rings. The van der Waals surface area contributed by atoms with Crippen LogP contribution in [-0.4, -0.2) is 23.0 Å². The first-order valence-corrected chi connectivity index (χ1v) is 6.76. The number of nitrogens with one attached hydrogen (secondary N) is 1. The van der Waals surface area contributed by atoms with Crippen molar-refractivity contribution in [3.05, 3.63) is 35.4 Å². The van der Waals surface area contributed by atoms with E-state index in [9.17, 15) is 9.59 Å². The molecular formula is C13H16BrNO3. The number of hydrogen-bond donors (Lipinski definition) is 2. The van der Waals surface area contributed by atoms with E-state index in [1.807, 2.05) is 12.1 Å². The molecule has 0 aromatic heterocycles. The molecule has 18 heavy (non-hydrogen) atoms. The van der Waals surface area contributed by atoms with Crippen LogP contribution >= 0.6 is 15.9 Å². The minimum absolute atomic E-state index is 0.159. The number of halogens is 1. The maximum absolute atomic E-state index is 11.9. The lowest BCUT2D eigenvalue weighted by Gasteiger charge is -2.17. The molecule has 0 saturated heterocycles. The molecule has 0 radical (unpaired) electrons. The van der Waals surface area contributed by atoms with Crippen molar-refractivity contribution in [2.75, 3.05) is 0 Å². The maximum Gasteiger partial charge on any atom is 0.326 e. The van der Waals surface area contributed by atoms with Gasteiger partial charge < -0.3 is 10.4 Å². The molecule has 0 spiro atoms. The summed E-state index contributed by atoms with van der Waals surface area (Å²) >= 11 is 3.32. The van der Waals surface area contributed by atoms with Gasteiger partial charge in [-0.25, -0.2) is 4.79 Å². The van der Waals surface area contributed by atoms with Crippen molar-refractivity contribution in [3.63, 3.8) is 0 Å². The average molecular weight is 314 g/mol. The zero-order valence-corrected chi connectivity index (χ0v) is 11.9. The van der Waals surface area contributed by atoms with Crippen LogP contribution in [0.4, 0.5) is 0 Å². The number of carbonyl (C=O) groups excluding carboxylic acids is 1. The highest BCUT2D eigenvalue weighted by atomic mass is 79.9. The predicted molar refractivity (Wildman–Crippen MR) is 72.8 cm³/mol. The van der Waals surface area contributed by atoms with Crippen LogP contribution in [0.1, 0.15) is 29.8 Å². The summed E-state index contributed by atoms with van der Waals surface area (Å²) in [5, 5.41) is 12.2. The quantitative estimate of drug-likeness (QED) is 0.820. The Balaban J connectivity index is 2.77. The second-order valence-corrected chi connectivity index (χ2v) is 4.92. The number of hydrogen-bond acceptors (Lipinski definition) is 2. The van der Waals surface area contributed by atoms with Gasteiger partial charge in [-0.1, -0.05) is 41.9 Å². The number of carbonyl (C=O) groups is 2. The number of carboxylic acid groups (broad SMARTS) is 1. The van der Waals surface area contributed by atoms with Gasteiger partial charge in [0, 0.05) is 10.9 Å². The van der Waals surface area contributed by atoms with Crippen LogP contribution in [0.3, 0.4) is 0 Å². The van der Waals surface area contributed by atoms with E-state index in [4.69, 9.17) is 5.11 Å². The molecule has 1 aromatic rings. The Labute approximate surface area is 115 Å². The maximum atomic E-state index is 11.9. The van der Waals surface area contributed by atoms with Crippen molar-refractivity contribution in [3.8, 4) is 0 Å². The van der Waals surface area contributed by atoms with Crippen molar-refractivity contribution in [2.45, 2.75) is 25.2 Å². The Morgan fingerprint density at radius 2 is 1.83 bits per heavy atom. The highest BCUT2D eigenvalue weighted by molar-refractivity contribution is 9.08. The summed E-state index contributed by atoms with van der Waals surface area (Å²) in [7, 11) is 0. The number of aliphatic carboxylic acids is 1. The smallest absolute Gasteiger partial charge is 0.326 e. The second-order valence-electron chi connectivity index (χ2n) is 4.36. The van der Waals surface area contributed by atoms with Crippen molar-refractivity contribution < 1.29 is 14.7 Å². The first kappa shape index (κ1) is 14.7. The van der Waals surface area contributed by atoms with E-state index in [2.05, 4.69) is 21.2 Å². The third kappa shape index (κ3) is 3.84. The summed E-state index contributed by atoms with van der Waals surface area (Å²) in [5.41, 5.74) is 1.52. The van der Waals surface area contributed by atoms with Gasteiger partial charge in [-0.15, -0.1) is 0 Å². The van der Waals surface area contributed by atoms with Gasteiger partial charge in [0.05, 0.1) is 0 Å². The minimum Gasteiger partial charge on any atom is -0.480 e. The van der Waals surface area contributed by atoms with Gasteiger partial charge in [-0.3, -0.25) is 4.79 Å². The van der Waals surface area contributed by atoms with Crippen LogP contribution in [0.15, 0.2) is 24.3 Å². The van der Waals surface area contributed by atoms with Crippen molar-refractivity contribution in [1.82, 2.24) is 5.32 Å².